The van der Waals surface area contributed by atoms with Crippen LogP contribution in [0.1, 0.15) is 310 Å². The average Bonchev–Trinajstić information content (AvgIpc) is 3.45. The molecule has 0 spiro atoms. The zero-order valence-electron chi connectivity index (χ0n) is 51.0. The van der Waals surface area contributed by atoms with Crippen molar-refractivity contribution >= 4 is 65.7 Å². The lowest BCUT2D eigenvalue weighted by Gasteiger charge is -2.74. The van der Waals surface area contributed by atoms with Crippen LogP contribution in [0, 0.1) is 0 Å². The number of carbonyl (C=O) groups is 4. The second kappa shape index (κ2) is 44.8. The van der Waals surface area contributed by atoms with Gasteiger partial charge in [0.2, 0.25) is 0 Å². The van der Waals surface area contributed by atoms with Crippen LogP contribution in [0.15, 0.2) is 0 Å². The monoisotopic (exact) mass is 1160 g/mol. The van der Waals surface area contributed by atoms with Crippen molar-refractivity contribution in [2.75, 3.05) is 70.4 Å². The molecule has 3 aliphatic rings. The van der Waals surface area contributed by atoms with Crippen LogP contribution in [-0.4, -0.2) is 97.7 Å². The molecule has 456 valence electrons. The summed E-state index contributed by atoms with van der Waals surface area (Å²) >= 11 is 1.89. The summed E-state index contributed by atoms with van der Waals surface area (Å²) in [6.45, 7) is 9.42. The first kappa shape index (κ1) is 70.5. The molecular formula is C65H124O8S4. The molecule has 3 saturated heterocycles. The molecule has 0 radical (unpaired) electrons. The highest BCUT2D eigenvalue weighted by Gasteiger charge is 2.68. The highest BCUT2D eigenvalue weighted by atomic mass is 32.4. The van der Waals surface area contributed by atoms with Crippen molar-refractivity contribution < 1.29 is 38.1 Å². The van der Waals surface area contributed by atoms with Crippen molar-refractivity contribution in [2.45, 2.75) is 314 Å². The Hall–Kier alpha value is -0.720. The summed E-state index contributed by atoms with van der Waals surface area (Å²) in [5.74, 6) is 7.65. The quantitative estimate of drug-likeness (QED) is 0.0334. The third kappa shape index (κ3) is 27.0. The van der Waals surface area contributed by atoms with E-state index in [1.807, 2.05) is 11.8 Å². The molecule has 0 N–H and O–H groups in total. The normalized spacial score (nSPS) is 24.1. The van der Waals surface area contributed by atoms with Crippen molar-refractivity contribution in [3.8, 4) is 0 Å². The molecule has 8 nitrogen and oxygen atoms in total. The van der Waals surface area contributed by atoms with E-state index in [2.05, 4.69) is 27.7 Å². The van der Waals surface area contributed by atoms with E-state index < -0.39 is 33.5 Å². The number of cyclic esters (lactones) is 3. The Morgan fingerprint density at radius 1 is 0.390 bits per heavy atom. The first-order valence-electron chi connectivity index (χ1n) is 33.2. The molecule has 0 amide bonds. The summed E-state index contributed by atoms with van der Waals surface area (Å²) in [6, 6.07) is 0. The predicted molar refractivity (Wildman–Crippen MR) is 342 cm³/mol. The molecule has 0 bridgehead atoms. The van der Waals surface area contributed by atoms with Crippen LogP contribution in [0.3, 0.4) is 0 Å². The van der Waals surface area contributed by atoms with Crippen LogP contribution in [0.25, 0.3) is 0 Å². The maximum absolute atomic E-state index is 14.6. The first-order valence-corrected chi connectivity index (χ1v) is 40.7. The number of thioether (sulfide) groups is 1. The first-order chi connectivity index (χ1) is 37.7. The van der Waals surface area contributed by atoms with Crippen molar-refractivity contribution in [1.82, 2.24) is 0 Å². The molecule has 3 atom stereocenters. The van der Waals surface area contributed by atoms with Crippen molar-refractivity contribution in [3.05, 3.63) is 0 Å². The van der Waals surface area contributed by atoms with Gasteiger partial charge in [0.05, 0.1) is 25.7 Å². The molecule has 3 heterocycles. The van der Waals surface area contributed by atoms with Gasteiger partial charge in [-0.25, -0.2) is 0 Å². The molecule has 0 aromatic carbocycles. The van der Waals surface area contributed by atoms with Crippen LogP contribution in [0.4, 0.5) is 0 Å². The summed E-state index contributed by atoms with van der Waals surface area (Å²) in [5.41, 5.74) is 0. The fraction of sp³-hybridized carbons (Fsp3) is 0.938. The average molecular weight is 1160 g/mol. The number of ether oxygens (including phenoxy) is 4. The summed E-state index contributed by atoms with van der Waals surface area (Å²) < 4.78 is 26.0. The largest absolute Gasteiger partial charge is 0.463 e. The Morgan fingerprint density at radius 2 is 0.649 bits per heavy atom. The molecule has 0 aromatic rings. The molecule has 12 heteroatoms. The van der Waals surface area contributed by atoms with Gasteiger partial charge in [-0.1, -0.05) is 259 Å². The molecule has 77 heavy (non-hydrogen) atoms. The molecule has 3 unspecified atom stereocenters. The van der Waals surface area contributed by atoms with Crippen LogP contribution in [0.5, 0.6) is 0 Å². The topological polar surface area (TPSA) is 105 Å². The number of rotatable bonds is 52. The van der Waals surface area contributed by atoms with E-state index in [1.54, 1.807) is 0 Å². The van der Waals surface area contributed by atoms with Gasteiger partial charge in [0.15, 0.2) is 0 Å². The Balaban J connectivity index is 2.03. The predicted octanol–water partition coefficient (Wildman–Crippen LogP) is 20.1. The standard InChI is InChI=1S/C65H124O8S4/c1-5-9-13-17-21-25-29-33-37-41-49-74-50-45-61(66)70-57-65(75(54-46-62(67)71-58-75)51-42-38-34-30-26-22-18-14-10-6-2,76(55-47-63(68)72-59-76)52-43-39-35-31-27-23-19-15-11-7-3)77(56-48-64(69)73-60-77)53-44-40-36-32-28-24-20-16-12-8-4/h5-60H2,1-4H3. The summed E-state index contributed by atoms with van der Waals surface area (Å²) in [5, 5.41) is 0. The minimum Gasteiger partial charge on any atom is -0.463 e. The SMILES string of the molecule is CCCCCCCCCCCCSCCC(=O)OCC(S1(CCCCCCCCCCCC)CCC(=O)OC1)(S1(CCCCCCCCCCCC)CCC(=O)OC1)S1(CCCCCCCCCCCC)CCC(=O)OC1. The summed E-state index contributed by atoms with van der Waals surface area (Å²) in [6.07, 6.45) is 52.2. The van der Waals surface area contributed by atoms with E-state index in [0.717, 1.165) is 84.5 Å². The molecule has 0 aliphatic carbocycles. The Kier molecular flexibility index (Phi) is 41.1. The van der Waals surface area contributed by atoms with Gasteiger partial charge in [0.1, 0.15) is 27.8 Å². The van der Waals surface area contributed by atoms with Gasteiger partial charge in [-0.15, -0.1) is 0 Å². The fourth-order valence-electron chi connectivity index (χ4n) is 12.7. The van der Waals surface area contributed by atoms with Gasteiger partial charge < -0.3 is 18.9 Å². The lowest BCUT2D eigenvalue weighted by molar-refractivity contribution is -0.144. The van der Waals surface area contributed by atoms with Crippen LogP contribution < -0.4 is 0 Å². The van der Waals surface area contributed by atoms with E-state index in [1.165, 1.54) is 218 Å². The zero-order chi connectivity index (χ0) is 55.4. The van der Waals surface area contributed by atoms with Crippen molar-refractivity contribution in [1.29, 1.82) is 0 Å². The Labute approximate surface area is 484 Å². The fourth-order valence-corrected chi connectivity index (χ4v) is 36.2. The third-order valence-electron chi connectivity index (χ3n) is 17.6. The molecule has 3 aliphatic heterocycles. The number of carbonyl (C=O) groups excluding carboxylic acids is 4. The van der Waals surface area contributed by atoms with Gasteiger partial charge in [-0.3, -0.25) is 19.2 Å². The number of esters is 4. The van der Waals surface area contributed by atoms with E-state index in [-0.39, 0.29) is 30.5 Å². The van der Waals surface area contributed by atoms with Gasteiger partial charge in [-0.2, -0.15) is 41.8 Å². The van der Waals surface area contributed by atoms with Crippen molar-refractivity contribution in [3.63, 3.8) is 0 Å². The molecular weight excluding hydrogens is 1040 g/mol. The number of hydrogen-bond donors (Lipinski definition) is 0. The van der Waals surface area contributed by atoms with Crippen molar-refractivity contribution in [2.24, 2.45) is 0 Å². The second-order valence-electron chi connectivity index (χ2n) is 23.9. The van der Waals surface area contributed by atoms with E-state index >= 15 is 0 Å². The highest BCUT2D eigenvalue weighted by molar-refractivity contribution is 8.64. The highest BCUT2D eigenvalue weighted by Crippen LogP contribution is 2.90. The van der Waals surface area contributed by atoms with Gasteiger partial charge in [-0.05, 0) is 66.0 Å². The summed E-state index contributed by atoms with van der Waals surface area (Å²) in [4.78, 5) is 55.1. The van der Waals surface area contributed by atoms with Gasteiger partial charge in [0.25, 0.3) is 0 Å². The second-order valence-corrected chi connectivity index (χ2v) is 37.5. The number of unbranched alkanes of at least 4 members (excludes halogenated alkanes) is 36. The molecule has 3 fully saturated rings. The minimum atomic E-state index is -1.89. The third-order valence-corrected chi connectivity index (χ3v) is 37.2. The van der Waals surface area contributed by atoms with E-state index in [4.69, 9.17) is 18.9 Å². The lowest BCUT2D eigenvalue weighted by Crippen LogP contribution is -2.59. The maximum atomic E-state index is 14.6. The van der Waals surface area contributed by atoms with E-state index in [0.29, 0.717) is 43.5 Å². The smallest absolute Gasteiger partial charge is 0.307 e. The van der Waals surface area contributed by atoms with Crippen LogP contribution in [-0.2, 0) is 38.1 Å². The zero-order valence-corrected chi connectivity index (χ0v) is 54.3. The Bertz CT molecular complexity index is 1340. The summed E-state index contributed by atoms with van der Waals surface area (Å²) in [7, 11) is -5.68. The van der Waals surface area contributed by atoms with Crippen LogP contribution in [0.2, 0.25) is 0 Å². The Morgan fingerprint density at radius 3 is 0.909 bits per heavy atom. The minimum absolute atomic E-state index is 0.121. The van der Waals surface area contributed by atoms with E-state index in [9.17, 15) is 19.2 Å². The number of hydrogen-bond acceptors (Lipinski definition) is 9. The lowest BCUT2D eigenvalue weighted by atomic mass is 10.1. The molecule has 0 saturated carbocycles. The maximum Gasteiger partial charge on any atom is 0.307 e. The van der Waals surface area contributed by atoms with Crippen LogP contribution >= 0.6 is 41.8 Å². The molecule has 0 aromatic heterocycles. The molecule has 3 rings (SSSR count). The van der Waals surface area contributed by atoms with Gasteiger partial charge >= 0.3 is 23.9 Å². The van der Waals surface area contributed by atoms with Gasteiger partial charge in [0, 0.05) is 5.75 Å².